The molecule has 156 valence electrons. The predicted molar refractivity (Wildman–Crippen MR) is 120 cm³/mol. The van der Waals surface area contributed by atoms with Crippen LogP contribution < -0.4 is 10.6 Å². The number of piperidine rings is 1. The molecule has 1 atom stereocenters. The molecule has 3 amide bonds. The first kappa shape index (κ1) is 20.9. The first-order valence-corrected chi connectivity index (χ1v) is 11.6. The Labute approximate surface area is 187 Å². The fourth-order valence-electron chi connectivity index (χ4n) is 3.68. The monoisotopic (exact) mass is 487 g/mol. The molecule has 2 N–H and O–H groups in total. The maximum atomic E-state index is 12.9. The molecular weight excluding hydrogens is 466 g/mol. The minimum Gasteiger partial charge on any atom is -0.352 e. The van der Waals surface area contributed by atoms with Crippen LogP contribution in [0.25, 0.3) is 0 Å². The van der Waals surface area contributed by atoms with Crippen molar-refractivity contribution in [2.24, 2.45) is 5.92 Å². The van der Waals surface area contributed by atoms with Gasteiger partial charge in [0.1, 0.15) is 0 Å². The summed E-state index contributed by atoms with van der Waals surface area (Å²) in [4.78, 5) is 40.5. The Morgan fingerprint density at radius 2 is 1.80 bits per heavy atom. The lowest BCUT2D eigenvalue weighted by atomic mass is 9.95. The van der Waals surface area contributed by atoms with Crippen LogP contribution in [-0.4, -0.2) is 41.0 Å². The molecule has 2 aliphatic heterocycles. The molecule has 2 aromatic carbocycles. The first-order valence-electron chi connectivity index (χ1n) is 9.89. The number of fused-ring (bicyclic) bond motifs is 1. The van der Waals surface area contributed by atoms with Crippen LogP contribution in [0.4, 0.5) is 5.69 Å². The van der Waals surface area contributed by atoms with Crippen molar-refractivity contribution >= 4 is 51.1 Å². The number of halogens is 1. The van der Waals surface area contributed by atoms with E-state index in [9.17, 15) is 14.4 Å². The molecule has 0 aromatic heterocycles. The largest absolute Gasteiger partial charge is 0.352 e. The number of para-hydroxylation sites is 1. The molecule has 0 unspecified atom stereocenters. The molecule has 0 bridgehead atoms. The van der Waals surface area contributed by atoms with E-state index in [0.717, 1.165) is 20.6 Å². The average Bonchev–Trinajstić information content (AvgIpc) is 2.77. The maximum absolute atomic E-state index is 12.9. The minimum atomic E-state index is -0.775. The van der Waals surface area contributed by atoms with E-state index >= 15 is 0 Å². The number of hydrogen-bond donors (Lipinski definition) is 2. The van der Waals surface area contributed by atoms with Crippen LogP contribution in [0.5, 0.6) is 0 Å². The Morgan fingerprint density at radius 1 is 1.10 bits per heavy atom. The third-order valence-electron chi connectivity index (χ3n) is 5.41. The van der Waals surface area contributed by atoms with Gasteiger partial charge in [0.05, 0.1) is 5.69 Å². The summed E-state index contributed by atoms with van der Waals surface area (Å²) < 4.78 is 1.00. The number of amides is 3. The summed E-state index contributed by atoms with van der Waals surface area (Å²) in [7, 11) is 0. The number of hydrogen-bond acceptors (Lipinski definition) is 4. The van der Waals surface area contributed by atoms with Gasteiger partial charge in [0, 0.05) is 34.9 Å². The average molecular weight is 488 g/mol. The third-order valence-corrected chi connectivity index (χ3v) is 7.20. The summed E-state index contributed by atoms with van der Waals surface area (Å²) >= 11 is 4.69. The molecule has 2 aliphatic rings. The second-order valence-corrected chi connectivity index (χ2v) is 9.49. The SMILES string of the molecule is O=C(NCc1ccc(Br)cc1)C1CCN(C(=O)[C@@H]2Sc3ccccc3NC2=O)CC1. The number of anilines is 1. The number of carbonyl (C=O) groups is 3. The van der Waals surface area contributed by atoms with Gasteiger partial charge in [-0.3, -0.25) is 14.4 Å². The third kappa shape index (κ3) is 4.70. The molecule has 0 spiro atoms. The van der Waals surface area contributed by atoms with E-state index in [-0.39, 0.29) is 23.6 Å². The summed E-state index contributed by atoms with van der Waals surface area (Å²) in [6, 6.07) is 15.3. The van der Waals surface area contributed by atoms with Crippen LogP contribution >= 0.6 is 27.7 Å². The van der Waals surface area contributed by atoms with Crippen molar-refractivity contribution < 1.29 is 14.4 Å². The van der Waals surface area contributed by atoms with E-state index in [4.69, 9.17) is 0 Å². The molecule has 1 saturated heterocycles. The number of nitrogens with one attached hydrogen (secondary N) is 2. The fourth-order valence-corrected chi connectivity index (χ4v) is 5.01. The zero-order chi connectivity index (χ0) is 21.1. The van der Waals surface area contributed by atoms with Crippen LogP contribution in [-0.2, 0) is 20.9 Å². The highest BCUT2D eigenvalue weighted by atomic mass is 79.9. The summed E-state index contributed by atoms with van der Waals surface area (Å²) in [5, 5.41) is 5.03. The second kappa shape index (κ2) is 9.22. The van der Waals surface area contributed by atoms with Crippen molar-refractivity contribution in [3.05, 3.63) is 58.6 Å². The van der Waals surface area contributed by atoms with Gasteiger partial charge in [-0.25, -0.2) is 0 Å². The van der Waals surface area contributed by atoms with E-state index in [1.807, 2.05) is 48.5 Å². The highest BCUT2D eigenvalue weighted by molar-refractivity contribution is 9.10. The molecule has 0 aliphatic carbocycles. The van der Waals surface area contributed by atoms with E-state index in [1.165, 1.54) is 11.8 Å². The Balaban J connectivity index is 1.28. The Bertz CT molecular complexity index is 958. The number of rotatable bonds is 4. The second-order valence-electron chi connectivity index (χ2n) is 7.43. The maximum Gasteiger partial charge on any atom is 0.247 e. The van der Waals surface area contributed by atoms with Gasteiger partial charge >= 0.3 is 0 Å². The number of thioether (sulfide) groups is 1. The molecule has 0 saturated carbocycles. The van der Waals surface area contributed by atoms with E-state index in [2.05, 4.69) is 26.6 Å². The molecule has 2 heterocycles. The molecule has 0 radical (unpaired) electrons. The highest BCUT2D eigenvalue weighted by Gasteiger charge is 2.37. The van der Waals surface area contributed by atoms with Crippen molar-refractivity contribution in [3.8, 4) is 0 Å². The number of benzene rings is 2. The minimum absolute atomic E-state index is 0.0173. The van der Waals surface area contributed by atoms with Crippen LogP contribution in [0.3, 0.4) is 0 Å². The smallest absolute Gasteiger partial charge is 0.247 e. The van der Waals surface area contributed by atoms with Gasteiger partial charge in [0.2, 0.25) is 17.7 Å². The summed E-state index contributed by atoms with van der Waals surface area (Å²) in [6.45, 7) is 1.46. The van der Waals surface area contributed by atoms with Crippen LogP contribution in [0, 0.1) is 5.92 Å². The highest BCUT2D eigenvalue weighted by Crippen LogP contribution is 2.36. The molecule has 30 heavy (non-hydrogen) atoms. The van der Waals surface area contributed by atoms with E-state index < -0.39 is 5.25 Å². The van der Waals surface area contributed by atoms with Crippen LogP contribution in [0.2, 0.25) is 0 Å². The fraction of sp³-hybridized carbons (Fsp3) is 0.318. The van der Waals surface area contributed by atoms with Gasteiger partial charge in [-0.15, -0.1) is 11.8 Å². The van der Waals surface area contributed by atoms with Crippen molar-refractivity contribution in [1.82, 2.24) is 10.2 Å². The van der Waals surface area contributed by atoms with E-state index in [1.54, 1.807) is 4.90 Å². The quantitative estimate of drug-likeness (QED) is 0.647. The predicted octanol–water partition coefficient (Wildman–Crippen LogP) is 3.42. The van der Waals surface area contributed by atoms with Crippen molar-refractivity contribution in [1.29, 1.82) is 0 Å². The normalized spacial score (nSPS) is 19.0. The van der Waals surface area contributed by atoms with Gasteiger partial charge in [-0.05, 0) is 42.7 Å². The lowest BCUT2D eigenvalue weighted by Gasteiger charge is -2.34. The van der Waals surface area contributed by atoms with Gasteiger partial charge in [0.25, 0.3) is 0 Å². The van der Waals surface area contributed by atoms with Gasteiger partial charge in [-0.1, -0.05) is 40.2 Å². The van der Waals surface area contributed by atoms with Crippen LogP contribution in [0.1, 0.15) is 18.4 Å². The lowest BCUT2D eigenvalue weighted by molar-refractivity contribution is -0.137. The zero-order valence-corrected chi connectivity index (χ0v) is 18.7. The Morgan fingerprint density at radius 3 is 2.53 bits per heavy atom. The summed E-state index contributed by atoms with van der Waals surface area (Å²) in [5.74, 6) is -0.555. The molecular formula is C22H22BrN3O3S. The van der Waals surface area contributed by atoms with Gasteiger partial charge in [-0.2, -0.15) is 0 Å². The Kier molecular flexibility index (Phi) is 6.43. The standard InChI is InChI=1S/C22H22BrN3O3S/c23-16-7-5-14(6-8-16)13-24-20(27)15-9-11-26(12-10-15)22(29)19-21(28)25-17-3-1-2-4-18(17)30-19/h1-8,15,19H,9-13H2,(H,24,27)(H,25,28)/t19-/m1/s1. The molecule has 2 aromatic rings. The molecule has 6 nitrogen and oxygen atoms in total. The number of nitrogens with zero attached hydrogens (tertiary/aromatic N) is 1. The number of likely N-dealkylation sites (tertiary alicyclic amines) is 1. The molecule has 4 rings (SSSR count). The van der Waals surface area contributed by atoms with Crippen molar-refractivity contribution in [2.45, 2.75) is 29.5 Å². The van der Waals surface area contributed by atoms with Crippen molar-refractivity contribution in [2.75, 3.05) is 18.4 Å². The topological polar surface area (TPSA) is 78.5 Å². The van der Waals surface area contributed by atoms with Crippen molar-refractivity contribution in [3.63, 3.8) is 0 Å². The number of carbonyl (C=O) groups excluding carboxylic acids is 3. The van der Waals surface area contributed by atoms with Crippen LogP contribution in [0.15, 0.2) is 57.9 Å². The molecule has 8 heteroatoms. The van der Waals surface area contributed by atoms with Gasteiger partial charge in [0.15, 0.2) is 5.25 Å². The lowest BCUT2D eigenvalue weighted by Crippen LogP contribution is -2.49. The first-order chi connectivity index (χ1) is 14.5. The van der Waals surface area contributed by atoms with Gasteiger partial charge < -0.3 is 15.5 Å². The Hall–Kier alpha value is -2.32. The van der Waals surface area contributed by atoms with E-state index in [0.29, 0.717) is 32.5 Å². The molecule has 1 fully saturated rings. The zero-order valence-electron chi connectivity index (χ0n) is 16.3. The summed E-state index contributed by atoms with van der Waals surface area (Å²) in [6.07, 6.45) is 1.21. The summed E-state index contributed by atoms with van der Waals surface area (Å²) in [5.41, 5.74) is 1.79.